The van der Waals surface area contributed by atoms with Crippen LogP contribution in [0, 0.1) is 12.3 Å². The zero-order valence-electron chi connectivity index (χ0n) is 13.9. The molecule has 1 aliphatic carbocycles. The number of rotatable bonds is 6. The number of anilines is 1. The average molecular weight is 293 g/mol. The number of hydrogen-bond acceptors (Lipinski definition) is 4. The fourth-order valence-electron chi connectivity index (χ4n) is 2.94. The van der Waals surface area contributed by atoms with E-state index in [1.54, 1.807) is 14.2 Å². The molecule has 118 valence electrons. The Labute approximate surface area is 127 Å². The second kappa shape index (κ2) is 6.14. The summed E-state index contributed by atoms with van der Waals surface area (Å²) in [5, 5.41) is 3.64. The van der Waals surface area contributed by atoms with Crippen molar-refractivity contribution in [1.82, 2.24) is 0 Å². The maximum atomic E-state index is 5.79. The maximum absolute atomic E-state index is 5.79. The normalized spacial score (nSPS) is 23.3. The van der Waals surface area contributed by atoms with Crippen LogP contribution in [0.25, 0.3) is 0 Å². The third kappa shape index (κ3) is 2.95. The highest BCUT2D eigenvalue weighted by Gasteiger charge is 2.49. The first-order valence-electron chi connectivity index (χ1n) is 7.54. The minimum Gasteiger partial charge on any atom is -0.493 e. The predicted octanol–water partition coefficient (Wildman–Crippen LogP) is 3.63. The van der Waals surface area contributed by atoms with Crippen molar-refractivity contribution in [1.29, 1.82) is 0 Å². The molecule has 2 unspecified atom stereocenters. The summed E-state index contributed by atoms with van der Waals surface area (Å²) in [6.07, 6.45) is 1.37. The highest BCUT2D eigenvalue weighted by molar-refractivity contribution is 5.61. The van der Waals surface area contributed by atoms with E-state index in [-0.39, 0.29) is 5.41 Å². The van der Waals surface area contributed by atoms with Gasteiger partial charge in [0.05, 0.1) is 20.3 Å². The molecule has 0 radical (unpaired) electrons. The second-order valence-corrected chi connectivity index (χ2v) is 6.22. The molecular weight excluding hydrogens is 266 g/mol. The molecule has 2 rings (SSSR count). The fraction of sp³-hybridized carbons (Fsp3) is 0.647. The molecule has 4 heteroatoms. The van der Waals surface area contributed by atoms with E-state index in [2.05, 4.69) is 33.0 Å². The van der Waals surface area contributed by atoms with Gasteiger partial charge in [0.1, 0.15) is 0 Å². The average Bonchev–Trinajstić information content (AvgIpc) is 2.47. The van der Waals surface area contributed by atoms with Gasteiger partial charge in [0.2, 0.25) is 0 Å². The summed E-state index contributed by atoms with van der Waals surface area (Å²) in [7, 11) is 3.32. The van der Waals surface area contributed by atoms with Gasteiger partial charge in [-0.3, -0.25) is 0 Å². The summed E-state index contributed by atoms with van der Waals surface area (Å²) in [6, 6.07) is 4.43. The van der Waals surface area contributed by atoms with Gasteiger partial charge in [-0.2, -0.15) is 0 Å². The molecule has 0 bridgehead atoms. The quantitative estimate of drug-likeness (QED) is 0.869. The standard InChI is InChI=1S/C17H27NO3/c1-7-21-16-10-15(17(16,3)4)18-12-9-14(20-6)13(19-5)8-11(12)2/h8-9,15-16,18H,7,10H2,1-6H3. The first-order valence-corrected chi connectivity index (χ1v) is 7.54. The van der Waals surface area contributed by atoms with Gasteiger partial charge in [-0.15, -0.1) is 0 Å². The zero-order chi connectivity index (χ0) is 15.6. The molecule has 4 nitrogen and oxygen atoms in total. The van der Waals surface area contributed by atoms with Gasteiger partial charge in [-0.25, -0.2) is 0 Å². The van der Waals surface area contributed by atoms with Gasteiger partial charge in [0.25, 0.3) is 0 Å². The van der Waals surface area contributed by atoms with E-state index in [0.717, 1.165) is 35.8 Å². The van der Waals surface area contributed by atoms with Gasteiger partial charge in [-0.1, -0.05) is 13.8 Å². The van der Waals surface area contributed by atoms with Crippen molar-refractivity contribution < 1.29 is 14.2 Å². The zero-order valence-corrected chi connectivity index (χ0v) is 13.9. The van der Waals surface area contributed by atoms with Gasteiger partial charge >= 0.3 is 0 Å². The predicted molar refractivity (Wildman–Crippen MR) is 85.5 cm³/mol. The smallest absolute Gasteiger partial charge is 0.162 e. The Morgan fingerprint density at radius 3 is 2.33 bits per heavy atom. The molecule has 1 aromatic carbocycles. The topological polar surface area (TPSA) is 39.7 Å². The maximum Gasteiger partial charge on any atom is 0.162 e. The minimum absolute atomic E-state index is 0.135. The van der Waals surface area contributed by atoms with Crippen molar-refractivity contribution in [3.63, 3.8) is 0 Å². The second-order valence-electron chi connectivity index (χ2n) is 6.22. The number of aryl methyl sites for hydroxylation is 1. The van der Waals surface area contributed by atoms with Crippen LogP contribution in [-0.2, 0) is 4.74 Å². The summed E-state index contributed by atoms with van der Waals surface area (Å²) in [4.78, 5) is 0. The van der Waals surface area contributed by atoms with Crippen LogP contribution in [0.3, 0.4) is 0 Å². The lowest BCUT2D eigenvalue weighted by atomic mass is 9.64. The molecule has 21 heavy (non-hydrogen) atoms. The molecule has 1 aliphatic rings. The first-order chi connectivity index (χ1) is 9.93. The Morgan fingerprint density at radius 1 is 1.19 bits per heavy atom. The number of nitrogens with one attached hydrogen (secondary N) is 1. The molecule has 2 atom stereocenters. The molecule has 1 N–H and O–H groups in total. The Morgan fingerprint density at radius 2 is 1.81 bits per heavy atom. The monoisotopic (exact) mass is 293 g/mol. The lowest BCUT2D eigenvalue weighted by molar-refractivity contribution is -0.0976. The van der Waals surface area contributed by atoms with Crippen molar-refractivity contribution >= 4 is 5.69 Å². The molecule has 1 saturated carbocycles. The van der Waals surface area contributed by atoms with Gasteiger partial charge < -0.3 is 19.5 Å². The third-order valence-corrected chi connectivity index (χ3v) is 4.61. The molecule has 1 fully saturated rings. The van der Waals surface area contributed by atoms with Gasteiger partial charge in [-0.05, 0) is 31.9 Å². The summed E-state index contributed by atoms with van der Waals surface area (Å²) in [5.74, 6) is 1.52. The highest BCUT2D eigenvalue weighted by atomic mass is 16.5. The van der Waals surface area contributed by atoms with Crippen molar-refractivity contribution in [2.24, 2.45) is 5.41 Å². The van der Waals surface area contributed by atoms with E-state index >= 15 is 0 Å². The highest BCUT2D eigenvalue weighted by Crippen LogP contribution is 2.45. The lowest BCUT2D eigenvalue weighted by Crippen LogP contribution is -2.58. The summed E-state index contributed by atoms with van der Waals surface area (Å²) in [6.45, 7) is 9.41. The van der Waals surface area contributed by atoms with E-state index in [9.17, 15) is 0 Å². The van der Waals surface area contributed by atoms with E-state index in [1.807, 2.05) is 12.1 Å². The first kappa shape index (κ1) is 16.0. The number of methoxy groups -OCH3 is 2. The van der Waals surface area contributed by atoms with Crippen LogP contribution < -0.4 is 14.8 Å². The van der Waals surface area contributed by atoms with E-state index < -0.39 is 0 Å². The summed E-state index contributed by atoms with van der Waals surface area (Å²) in [5.41, 5.74) is 2.39. The van der Waals surface area contributed by atoms with Crippen LogP contribution in [0.2, 0.25) is 0 Å². The Kier molecular flexibility index (Phi) is 4.67. The molecule has 0 amide bonds. The third-order valence-electron chi connectivity index (χ3n) is 4.61. The Bertz CT molecular complexity index is 499. The minimum atomic E-state index is 0.135. The van der Waals surface area contributed by atoms with E-state index in [1.165, 1.54) is 0 Å². The van der Waals surface area contributed by atoms with Crippen LogP contribution in [0.1, 0.15) is 32.8 Å². The van der Waals surface area contributed by atoms with Crippen molar-refractivity contribution in [3.8, 4) is 11.5 Å². The molecule has 0 saturated heterocycles. The van der Waals surface area contributed by atoms with Crippen LogP contribution in [0.5, 0.6) is 11.5 Å². The molecule has 0 aliphatic heterocycles. The van der Waals surface area contributed by atoms with E-state index in [4.69, 9.17) is 14.2 Å². The van der Waals surface area contributed by atoms with Gasteiger partial charge in [0, 0.05) is 29.8 Å². The van der Waals surface area contributed by atoms with E-state index in [0.29, 0.717) is 12.1 Å². The Hall–Kier alpha value is -1.42. The molecule has 0 aromatic heterocycles. The summed E-state index contributed by atoms with van der Waals surface area (Å²) >= 11 is 0. The Balaban J connectivity index is 2.14. The van der Waals surface area contributed by atoms with Crippen molar-refractivity contribution in [3.05, 3.63) is 17.7 Å². The molecule has 0 heterocycles. The molecule has 0 spiro atoms. The van der Waals surface area contributed by atoms with Crippen LogP contribution >= 0.6 is 0 Å². The van der Waals surface area contributed by atoms with Crippen molar-refractivity contribution in [2.75, 3.05) is 26.1 Å². The summed E-state index contributed by atoms with van der Waals surface area (Å²) < 4.78 is 16.5. The fourth-order valence-corrected chi connectivity index (χ4v) is 2.94. The largest absolute Gasteiger partial charge is 0.493 e. The number of benzene rings is 1. The SMILES string of the molecule is CCOC1CC(Nc2cc(OC)c(OC)cc2C)C1(C)C. The molecule has 1 aromatic rings. The lowest BCUT2D eigenvalue weighted by Gasteiger charge is -2.52. The number of ether oxygens (including phenoxy) is 3. The van der Waals surface area contributed by atoms with Gasteiger partial charge in [0.15, 0.2) is 11.5 Å². The van der Waals surface area contributed by atoms with Crippen molar-refractivity contribution in [2.45, 2.75) is 46.3 Å². The van der Waals surface area contributed by atoms with Crippen LogP contribution in [-0.4, -0.2) is 33.0 Å². The molecular formula is C17H27NO3. The van der Waals surface area contributed by atoms with Crippen LogP contribution in [0.4, 0.5) is 5.69 Å². The number of hydrogen-bond donors (Lipinski definition) is 1. The van der Waals surface area contributed by atoms with Crippen LogP contribution in [0.15, 0.2) is 12.1 Å².